The van der Waals surface area contributed by atoms with Crippen molar-refractivity contribution in [2.24, 2.45) is 5.92 Å². The molecule has 2 fully saturated rings. The van der Waals surface area contributed by atoms with Crippen molar-refractivity contribution in [3.63, 3.8) is 0 Å². The van der Waals surface area contributed by atoms with Crippen molar-refractivity contribution in [3.8, 4) is 0 Å². The second kappa shape index (κ2) is 9.80. The average Bonchev–Trinajstić information content (AvgIpc) is 2.81. The summed E-state index contributed by atoms with van der Waals surface area (Å²) in [5.41, 5.74) is 1.90. The number of rotatable bonds is 5. The highest BCUT2D eigenvalue weighted by Crippen LogP contribution is 2.23. The molecular weight excluding hydrogens is 378 g/mol. The molecule has 0 aromatic carbocycles. The molecule has 4 rings (SSSR count). The van der Waals surface area contributed by atoms with E-state index in [1.54, 1.807) is 24.5 Å². The molecule has 4 heterocycles. The number of carbonyl (C=O) groups is 2. The van der Waals surface area contributed by atoms with Gasteiger partial charge in [-0.2, -0.15) is 0 Å². The summed E-state index contributed by atoms with van der Waals surface area (Å²) in [5, 5.41) is 3.09. The monoisotopic (exact) mass is 407 g/mol. The van der Waals surface area contributed by atoms with E-state index in [0.717, 1.165) is 58.4 Å². The lowest BCUT2D eigenvalue weighted by Gasteiger charge is -2.37. The Bertz CT molecular complexity index is 829. The van der Waals surface area contributed by atoms with Gasteiger partial charge < -0.3 is 10.2 Å². The van der Waals surface area contributed by atoms with E-state index in [1.807, 2.05) is 17.3 Å². The molecule has 158 valence electrons. The third-order valence-electron chi connectivity index (χ3n) is 6.18. The van der Waals surface area contributed by atoms with Crippen LogP contribution < -0.4 is 5.32 Å². The van der Waals surface area contributed by atoms with Crippen molar-refractivity contribution in [2.45, 2.75) is 38.3 Å². The van der Waals surface area contributed by atoms with E-state index in [1.165, 1.54) is 5.56 Å². The van der Waals surface area contributed by atoms with Gasteiger partial charge in [-0.25, -0.2) is 0 Å². The van der Waals surface area contributed by atoms with Gasteiger partial charge in [0.15, 0.2) is 0 Å². The Hall–Kier alpha value is -2.80. The van der Waals surface area contributed by atoms with Gasteiger partial charge in [0.1, 0.15) is 0 Å². The van der Waals surface area contributed by atoms with Crippen molar-refractivity contribution in [2.75, 3.05) is 26.2 Å². The fourth-order valence-corrected chi connectivity index (χ4v) is 4.36. The topological polar surface area (TPSA) is 78.4 Å². The predicted octanol–water partition coefficient (Wildman–Crippen LogP) is 2.11. The summed E-state index contributed by atoms with van der Waals surface area (Å²) in [6.07, 6.45) is 10.4. The third-order valence-corrected chi connectivity index (χ3v) is 6.18. The highest BCUT2D eigenvalue weighted by Gasteiger charge is 2.31. The maximum atomic E-state index is 13.0. The summed E-state index contributed by atoms with van der Waals surface area (Å²) in [7, 11) is 0. The number of nitrogens with zero attached hydrogens (tertiary/aromatic N) is 4. The van der Waals surface area contributed by atoms with E-state index in [-0.39, 0.29) is 23.8 Å². The molecular formula is C23H29N5O2. The van der Waals surface area contributed by atoms with E-state index in [9.17, 15) is 9.59 Å². The van der Waals surface area contributed by atoms with Gasteiger partial charge in [-0.1, -0.05) is 0 Å². The Morgan fingerprint density at radius 1 is 0.867 bits per heavy atom. The van der Waals surface area contributed by atoms with Crippen LogP contribution in [0, 0.1) is 5.92 Å². The minimum atomic E-state index is -0.0660. The lowest BCUT2D eigenvalue weighted by atomic mass is 9.93. The van der Waals surface area contributed by atoms with Crippen molar-refractivity contribution in [1.29, 1.82) is 0 Å². The van der Waals surface area contributed by atoms with E-state index in [4.69, 9.17) is 0 Å². The van der Waals surface area contributed by atoms with Crippen molar-refractivity contribution in [1.82, 2.24) is 25.1 Å². The number of amides is 2. The number of hydrogen-bond donors (Lipinski definition) is 1. The molecule has 0 saturated carbocycles. The molecule has 0 spiro atoms. The van der Waals surface area contributed by atoms with Crippen LogP contribution in [0.5, 0.6) is 0 Å². The number of hydrogen-bond acceptors (Lipinski definition) is 5. The first-order chi connectivity index (χ1) is 14.7. The van der Waals surface area contributed by atoms with Crippen molar-refractivity contribution in [3.05, 3.63) is 60.2 Å². The van der Waals surface area contributed by atoms with E-state index >= 15 is 0 Å². The van der Waals surface area contributed by atoms with Gasteiger partial charge in [0.2, 0.25) is 5.91 Å². The van der Waals surface area contributed by atoms with Crippen LogP contribution in [0.1, 0.15) is 41.6 Å². The number of pyridine rings is 2. The lowest BCUT2D eigenvalue weighted by Crippen LogP contribution is -2.49. The van der Waals surface area contributed by atoms with Crippen molar-refractivity contribution >= 4 is 11.8 Å². The molecule has 2 saturated heterocycles. The summed E-state index contributed by atoms with van der Waals surface area (Å²) in [6, 6.07) is 7.66. The molecule has 0 unspecified atom stereocenters. The standard InChI is InChI=1S/C23H29N5O2/c29-22(19-3-11-25-12-4-19)26-21-7-15-28(16-8-21)23(30)20-5-13-27(14-6-20)17-18-1-9-24-10-2-18/h1-4,9-12,20-21H,5-8,13-17H2,(H,26,29). The molecule has 2 amide bonds. The van der Waals surface area contributed by atoms with Crippen LogP contribution in [0.4, 0.5) is 0 Å². The lowest BCUT2D eigenvalue weighted by molar-refractivity contribution is -0.138. The molecule has 0 aliphatic carbocycles. The van der Waals surface area contributed by atoms with E-state index in [2.05, 4.69) is 32.3 Å². The summed E-state index contributed by atoms with van der Waals surface area (Å²) >= 11 is 0. The largest absolute Gasteiger partial charge is 0.349 e. The van der Waals surface area contributed by atoms with Crippen molar-refractivity contribution < 1.29 is 9.59 Å². The fourth-order valence-electron chi connectivity index (χ4n) is 4.36. The third kappa shape index (κ3) is 5.21. The van der Waals surface area contributed by atoms with Crippen LogP contribution in [0.15, 0.2) is 49.1 Å². The van der Waals surface area contributed by atoms with Gasteiger partial charge >= 0.3 is 0 Å². The summed E-state index contributed by atoms with van der Waals surface area (Å²) in [4.78, 5) is 37.7. The first-order valence-corrected chi connectivity index (χ1v) is 10.8. The molecule has 30 heavy (non-hydrogen) atoms. The maximum Gasteiger partial charge on any atom is 0.251 e. The van der Waals surface area contributed by atoms with Gasteiger partial charge in [0.05, 0.1) is 0 Å². The van der Waals surface area contributed by atoms with E-state index in [0.29, 0.717) is 5.56 Å². The Morgan fingerprint density at radius 2 is 1.47 bits per heavy atom. The van der Waals surface area contributed by atoms with Crippen LogP contribution in [-0.2, 0) is 11.3 Å². The highest BCUT2D eigenvalue weighted by molar-refractivity contribution is 5.94. The smallest absolute Gasteiger partial charge is 0.251 e. The molecule has 1 N–H and O–H groups in total. The molecule has 0 bridgehead atoms. The minimum Gasteiger partial charge on any atom is -0.349 e. The minimum absolute atomic E-state index is 0.0660. The van der Waals surface area contributed by atoms with Crippen LogP contribution in [0.3, 0.4) is 0 Å². The molecule has 0 radical (unpaired) electrons. The van der Waals surface area contributed by atoms with Gasteiger partial charge in [0.25, 0.3) is 5.91 Å². The SMILES string of the molecule is O=C(NC1CCN(C(=O)C2CCN(Cc3ccncc3)CC2)CC1)c1ccncc1. The van der Waals surface area contributed by atoms with E-state index < -0.39 is 0 Å². The Balaban J connectivity index is 1.20. The highest BCUT2D eigenvalue weighted by atomic mass is 16.2. The second-order valence-corrected chi connectivity index (χ2v) is 8.21. The normalized spacial score (nSPS) is 18.9. The first-order valence-electron chi connectivity index (χ1n) is 10.8. The van der Waals surface area contributed by atoms with Crippen LogP contribution in [0.25, 0.3) is 0 Å². The Morgan fingerprint density at radius 3 is 2.10 bits per heavy atom. The summed E-state index contributed by atoms with van der Waals surface area (Å²) in [6.45, 7) is 4.27. The molecule has 2 aliphatic heterocycles. The predicted molar refractivity (Wildman–Crippen MR) is 114 cm³/mol. The Labute approximate surface area is 177 Å². The molecule has 7 heteroatoms. The average molecular weight is 408 g/mol. The fraction of sp³-hybridized carbons (Fsp3) is 0.478. The summed E-state index contributed by atoms with van der Waals surface area (Å²) in [5.74, 6) is 0.350. The zero-order chi connectivity index (χ0) is 20.8. The van der Waals surface area contributed by atoms with Gasteiger partial charge in [0, 0.05) is 61.9 Å². The van der Waals surface area contributed by atoms with Gasteiger partial charge in [-0.15, -0.1) is 0 Å². The zero-order valence-corrected chi connectivity index (χ0v) is 17.2. The molecule has 2 aliphatic rings. The Kier molecular flexibility index (Phi) is 6.69. The van der Waals surface area contributed by atoms with Crippen LogP contribution in [-0.4, -0.2) is 63.8 Å². The second-order valence-electron chi connectivity index (χ2n) is 8.21. The number of likely N-dealkylation sites (tertiary alicyclic amines) is 2. The van der Waals surface area contributed by atoms with Crippen LogP contribution >= 0.6 is 0 Å². The molecule has 2 aromatic rings. The number of carbonyl (C=O) groups excluding carboxylic acids is 2. The molecule has 0 atom stereocenters. The number of piperidine rings is 2. The maximum absolute atomic E-state index is 13.0. The molecule has 7 nitrogen and oxygen atoms in total. The van der Waals surface area contributed by atoms with Gasteiger partial charge in [-0.3, -0.25) is 24.5 Å². The summed E-state index contributed by atoms with van der Waals surface area (Å²) < 4.78 is 0. The van der Waals surface area contributed by atoms with Crippen LogP contribution in [0.2, 0.25) is 0 Å². The quantitative estimate of drug-likeness (QED) is 0.821. The first kappa shape index (κ1) is 20.5. The zero-order valence-electron chi connectivity index (χ0n) is 17.2. The molecule has 2 aromatic heterocycles. The number of aromatic nitrogens is 2. The van der Waals surface area contributed by atoms with Gasteiger partial charge in [-0.05, 0) is 68.6 Å². The number of nitrogens with one attached hydrogen (secondary N) is 1.